The number of halogens is 2. The summed E-state index contributed by atoms with van der Waals surface area (Å²) in [5, 5.41) is 0.0370. The van der Waals surface area contributed by atoms with Crippen LogP contribution < -0.4 is 4.72 Å². The first-order valence-corrected chi connectivity index (χ1v) is 12.2. The number of aryl methyl sites for hydroxylation is 1. The van der Waals surface area contributed by atoms with Crippen molar-refractivity contribution >= 4 is 27.4 Å². The summed E-state index contributed by atoms with van der Waals surface area (Å²) in [6.45, 7) is 5.93. The summed E-state index contributed by atoms with van der Waals surface area (Å²) < 4.78 is 40.7. The molecule has 0 saturated carbocycles. The number of carbonyl (C=O) groups is 1. The van der Waals surface area contributed by atoms with Gasteiger partial charge in [0, 0.05) is 35.7 Å². The van der Waals surface area contributed by atoms with Crippen LogP contribution in [0, 0.1) is 25.6 Å². The average Bonchev–Trinajstić information content (AvgIpc) is 2.96. The van der Waals surface area contributed by atoms with Gasteiger partial charge in [-0.2, -0.15) is 0 Å². The second-order valence-electron chi connectivity index (χ2n) is 8.01. The highest BCUT2D eigenvalue weighted by Gasteiger charge is 2.24. The van der Waals surface area contributed by atoms with E-state index >= 15 is 0 Å². The number of sulfonamides is 1. The lowest BCUT2D eigenvalue weighted by atomic mass is 9.98. The summed E-state index contributed by atoms with van der Waals surface area (Å²) in [6, 6.07) is 6.35. The molecule has 1 aliphatic rings. The molecule has 0 spiro atoms. The normalized spacial score (nSPS) is 18.0. The molecule has 1 aromatic carbocycles. The standard InChI is InChI=1S/C21H27ClFN3O3S/c1-14-9-18(15(2)26(14)17-6-7-20(23)19(22)10-17)21(27)13-25-8-4-5-16(12-25)11-24-30(3,28)29/h6-7,9-10,16,24H,4-5,8,11-13H2,1-3H3. The lowest BCUT2D eigenvalue weighted by molar-refractivity contribution is 0.0887. The molecule has 1 aliphatic heterocycles. The number of ketones is 1. The third-order valence-corrected chi connectivity index (χ3v) is 6.48. The molecule has 0 radical (unpaired) electrons. The van der Waals surface area contributed by atoms with E-state index in [-0.39, 0.29) is 23.3 Å². The van der Waals surface area contributed by atoms with Crippen molar-refractivity contribution in [3.05, 3.63) is 52.1 Å². The molecule has 30 heavy (non-hydrogen) atoms. The molecule has 1 atom stereocenters. The number of piperidine rings is 1. The maximum Gasteiger partial charge on any atom is 0.208 e. The molecule has 1 unspecified atom stereocenters. The minimum absolute atomic E-state index is 0.0132. The molecule has 0 amide bonds. The molecular weight excluding hydrogens is 429 g/mol. The van der Waals surface area contributed by atoms with E-state index in [1.807, 2.05) is 24.5 Å². The first-order chi connectivity index (χ1) is 14.0. The Bertz CT molecular complexity index is 1050. The monoisotopic (exact) mass is 455 g/mol. The molecule has 9 heteroatoms. The van der Waals surface area contributed by atoms with E-state index in [4.69, 9.17) is 11.6 Å². The summed E-state index contributed by atoms with van der Waals surface area (Å²) in [6.07, 6.45) is 3.02. The number of benzene rings is 1. The third kappa shape index (κ3) is 5.49. The van der Waals surface area contributed by atoms with Gasteiger partial charge in [0.1, 0.15) is 5.82 Å². The molecule has 1 aromatic heterocycles. The second kappa shape index (κ2) is 9.18. The number of rotatable bonds is 7. The smallest absolute Gasteiger partial charge is 0.208 e. The molecule has 1 saturated heterocycles. The predicted molar refractivity (Wildman–Crippen MR) is 117 cm³/mol. The topological polar surface area (TPSA) is 71.4 Å². The molecule has 0 bridgehead atoms. The summed E-state index contributed by atoms with van der Waals surface area (Å²) in [7, 11) is -3.22. The zero-order valence-corrected chi connectivity index (χ0v) is 19.0. The van der Waals surface area contributed by atoms with Crippen molar-refractivity contribution in [2.45, 2.75) is 26.7 Å². The maximum absolute atomic E-state index is 13.5. The molecule has 1 fully saturated rings. The van der Waals surface area contributed by atoms with Crippen molar-refractivity contribution in [1.82, 2.24) is 14.2 Å². The van der Waals surface area contributed by atoms with Gasteiger partial charge in [0.15, 0.2) is 5.78 Å². The van der Waals surface area contributed by atoms with Gasteiger partial charge in [-0.05, 0) is 63.4 Å². The highest BCUT2D eigenvalue weighted by atomic mass is 35.5. The van der Waals surface area contributed by atoms with Gasteiger partial charge < -0.3 is 4.57 Å². The zero-order chi connectivity index (χ0) is 22.1. The van der Waals surface area contributed by atoms with Crippen molar-refractivity contribution in [1.29, 1.82) is 0 Å². The first kappa shape index (κ1) is 22.9. The number of hydrogen-bond acceptors (Lipinski definition) is 4. The van der Waals surface area contributed by atoms with E-state index in [0.717, 1.165) is 37.0 Å². The fourth-order valence-corrected chi connectivity index (χ4v) is 4.80. The third-order valence-electron chi connectivity index (χ3n) is 5.50. The fourth-order valence-electron chi connectivity index (χ4n) is 4.09. The van der Waals surface area contributed by atoms with Gasteiger partial charge in [-0.25, -0.2) is 17.5 Å². The number of likely N-dealkylation sites (tertiary alicyclic amines) is 1. The summed E-state index contributed by atoms with van der Waals surface area (Å²) in [5.74, 6) is -0.279. The number of Topliss-reactive ketones (excluding diaryl/α,β-unsaturated/α-hetero) is 1. The van der Waals surface area contributed by atoms with E-state index in [1.54, 1.807) is 12.1 Å². The van der Waals surface area contributed by atoms with Crippen LogP contribution in [0.4, 0.5) is 4.39 Å². The van der Waals surface area contributed by atoms with E-state index in [1.165, 1.54) is 6.07 Å². The summed E-state index contributed by atoms with van der Waals surface area (Å²) in [4.78, 5) is 15.1. The van der Waals surface area contributed by atoms with Crippen LogP contribution in [0.1, 0.15) is 34.6 Å². The molecule has 2 heterocycles. The van der Waals surface area contributed by atoms with Gasteiger partial charge in [0.05, 0.1) is 17.8 Å². The minimum atomic E-state index is -3.22. The fraction of sp³-hybridized carbons (Fsp3) is 0.476. The lowest BCUT2D eigenvalue weighted by Gasteiger charge is -2.32. The van der Waals surface area contributed by atoms with Crippen LogP contribution >= 0.6 is 11.6 Å². The lowest BCUT2D eigenvalue weighted by Crippen LogP contribution is -2.42. The average molecular weight is 456 g/mol. The van der Waals surface area contributed by atoms with Gasteiger partial charge >= 0.3 is 0 Å². The summed E-state index contributed by atoms with van der Waals surface area (Å²) >= 11 is 5.93. The van der Waals surface area contributed by atoms with Crippen LogP contribution in [0.5, 0.6) is 0 Å². The number of hydrogen-bond donors (Lipinski definition) is 1. The van der Waals surface area contributed by atoms with Crippen molar-refractivity contribution < 1.29 is 17.6 Å². The molecule has 0 aliphatic carbocycles. The Morgan fingerprint density at radius 1 is 1.30 bits per heavy atom. The van der Waals surface area contributed by atoms with Gasteiger partial charge in [0.25, 0.3) is 0 Å². The Labute approximate surface area is 182 Å². The number of nitrogens with one attached hydrogen (secondary N) is 1. The van der Waals surface area contributed by atoms with E-state index in [9.17, 15) is 17.6 Å². The Hall–Kier alpha value is -1.74. The second-order valence-corrected chi connectivity index (χ2v) is 10.2. The molecule has 6 nitrogen and oxygen atoms in total. The van der Waals surface area contributed by atoms with E-state index in [0.29, 0.717) is 24.3 Å². The van der Waals surface area contributed by atoms with E-state index in [2.05, 4.69) is 9.62 Å². The number of carbonyl (C=O) groups excluding carboxylic acids is 1. The molecule has 2 aromatic rings. The number of aromatic nitrogens is 1. The highest BCUT2D eigenvalue weighted by Crippen LogP contribution is 2.25. The minimum Gasteiger partial charge on any atom is -0.318 e. The Balaban J connectivity index is 1.72. The largest absolute Gasteiger partial charge is 0.318 e. The first-order valence-electron chi connectivity index (χ1n) is 9.89. The Morgan fingerprint density at radius 3 is 2.70 bits per heavy atom. The van der Waals surface area contributed by atoms with Gasteiger partial charge in [0.2, 0.25) is 10.0 Å². The van der Waals surface area contributed by atoms with Crippen LogP contribution in [-0.4, -0.2) is 56.1 Å². The molecule has 3 rings (SSSR count). The summed E-state index contributed by atoms with van der Waals surface area (Å²) in [5.41, 5.74) is 2.99. The van der Waals surface area contributed by atoms with Crippen molar-refractivity contribution in [3.8, 4) is 5.69 Å². The Kier molecular flexibility index (Phi) is 7.02. The van der Waals surface area contributed by atoms with Gasteiger partial charge in [-0.3, -0.25) is 9.69 Å². The Morgan fingerprint density at radius 2 is 2.03 bits per heavy atom. The van der Waals surface area contributed by atoms with Crippen LogP contribution in [0.15, 0.2) is 24.3 Å². The van der Waals surface area contributed by atoms with E-state index < -0.39 is 15.8 Å². The quantitative estimate of drug-likeness (QED) is 0.650. The van der Waals surface area contributed by atoms with Crippen molar-refractivity contribution in [3.63, 3.8) is 0 Å². The molecular formula is C21H27ClFN3O3S. The molecule has 164 valence electrons. The van der Waals surface area contributed by atoms with Crippen molar-refractivity contribution in [2.24, 2.45) is 5.92 Å². The highest BCUT2D eigenvalue weighted by molar-refractivity contribution is 7.88. The van der Waals surface area contributed by atoms with Crippen molar-refractivity contribution in [2.75, 3.05) is 32.4 Å². The molecule has 1 N–H and O–H groups in total. The van der Waals surface area contributed by atoms with Crippen LogP contribution in [-0.2, 0) is 10.0 Å². The van der Waals surface area contributed by atoms with Crippen LogP contribution in [0.3, 0.4) is 0 Å². The van der Waals surface area contributed by atoms with Gasteiger partial charge in [-0.1, -0.05) is 11.6 Å². The van der Waals surface area contributed by atoms with Crippen LogP contribution in [0.2, 0.25) is 5.02 Å². The maximum atomic E-state index is 13.5. The SMILES string of the molecule is Cc1cc(C(=O)CN2CCCC(CNS(C)(=O)=O)C2)c(C)n1-c1ccc(F)c(Cl)c1. The van der Waals surface area contributed by atoms with Gasteiger partial charge in [-0.15, -0.1) is 0 Å². The number of nitrogens with zero attached hydrogens (tertiary/aromatic N) is 2. The zero-order valence-electron chi connectivity index (χ0n) is 17.4. The predicted octanol–water partition coefficient (Wildman–Crippen LogP) is 3.33. The van der Waals surface area contributed by atoms with Crippen LogP contribution in [0.25, 0.3) is 5.69 Å².